The summed E-state index contributed by atoms with van der Waals surface area (Å²) < 4.78 is 0.852. The molecule has 4 heteroatoms. The van der Waals surface area contributed by atoms with Gasteiger partial charge in [-0.25, -0.2) is 0 Å². The van der Waals surface area contributed by atoms with Gasteiger partial charge in [0.25, 0.3) is 0 Å². The summed E-state index contributed by atoms with van der Waals surface area (Å²) in [6, 6.07) is 0. The molecule has 0 unspecified atom stereocenters. The third-order valence-electron chi connectivity index (χ3n) is 3.35. The van der Waals surface area contributed by atoms with E-state index in [0.29, 0.717) is 0 Å². The molecule has 1 rings (SSSR count). The number of aromatic amines is 1. The van der Waals surface area contributed by atoms with Gasteiger partial charge in [-0.05, 0) is 18.6 Å². The summed E-state index contributed by atoms with van der Waals surface area (Å²) in [5.41, 5.74) is 0. The summed E-state index contributed by atoms with van der Waals surface area (Å²) in [7, 11) is 0. The average molecular weight is 301 g/mol. The number of unbranched alkanes of at least 4 members (excludes halogenated alkanes) is 9. The molecule has 0 aromatic carbocycles. The molecule has 1 aromatic heterocycles. The molecule has 0 aliphatic carbocycles. The SMILES string of the molecule is CCCCCCCCCCCCNc1c[nH]c(=S)s1. The minimum atomic E-state index is 0.852. The number of thiazole rings is 1. The van der Waals surface area contributed by atoms with Gasteiger partial charge in [0.15, 0.2) is 3.95 Å². The van der Waals surface area contributed by atoms with E-state index >= 15 is 0 Å². The normalized spacial score (nSPS) is 10.8. The molecule has 0 atom stereocenters. The lowest BCUT2D eigenvalue weighted by molar-refractivity contribution is 0.560. The number of aromatic nitrogens is 1. The van der Waals surface area contributed by atoms with Crippen LogP contribution in [-0.2, 0) is 0 Å². The molecule has 0 aliphatic rings. The van der Waals surface area contributed by atoms with Crippen molar-refractivity contribution in [2.24, 2.45) is 0 Å². The maximum Gasteiger partial charge on any atom is 0.160 e. The summed E-state index contributed by atoms with van der Waals surface area (Å²) >= 11 is 6.66. The summed E-state index contributed by atoms with van der Waals surface area (Å²) in [4.78, 5) is 3.03. The second kappa shape index (κ2) is 11.5. The van der Waals surface area contributed by atoms with E-state index in [1.807, 2.05) is 6.20 Å². The number of hydrogen-bond donors (Lipinski definition) is 2. The van der Waals surface area contributed by atoms with E-state index in [4.69, 9.17) is 12.2 Å². The van der Waals surface area contributed by atoms with E-state index < -0.39 is 0 Å². The van der Waals surface area contributed by atoms with Crippen LogP contribution >= 0.6 is 23.6 Å². The molecular formula is C15H28N2S2. The maximum atomic E-state index is 5.04. The molecule has 0 amide bonds. The molecule has 0 saturated heterocycles. The Labute approximate surface area is 127 Å². The van der Waals surface area contributed by atoms with Crippen LogP contribution in [0.5, 0.6) is 0 Å². The van der Waals surface area contributed by atoms with Crippen molar-refractivity contribution in [3.63, 3.8) is 0 Å². The highest BCUT2D eigenvalue weighted by molar-refractivity contribution is 7.73. The predicted octanol–water partition coefficient (Wildman–Crippen LogP) is 6.14. The second-order valence-electron chi connectivity index (χ2n) is 5.15. The topological polar surface area (TPSA) is 27.8 Å². The van der Waals surface area contributed by atoms with Crippen molar-refractivity contribution < 1.29 is 0 Å². The molecule has 0 bridgehead atoms. The zero-order valence-corrected chi connectivity index (χ0v) is 13.8. The van der Waals surface area contributed by atoms with E-state index in [0.717, 1.165) is 10.5 Å². The van der Waals surface area contributed by atoms with Gasteiger partial charge in [-0.15, -0.1) is 0 Å². The third kappa shape index (κ3) is 9.22. The summed E-state index contributed by atoms with van der Waals surface area (Å²) in [5, 5.41) is 4.58. The van der Waals surface area contributed by atoms with Crippen LogP contribution in [0.2, 0.25) is 0 Å². The number of hydrogen-bond acceptors (Lipinski definition) is 3. The van der Waals surface area contributed by atoms with Gasteiger partial charge in [-0.1, -0.05) is 76.0 Å². The molecule has 110 valence electrons. The Kier molecular flexibility index (Phi) is 10.1. The first-order valence-corrected chi connectivity index (χ1v) is 8.98. The van der Waals surface area contributed by atoms with Crippen LogP contribution < -0.4 is 5.32 Å². The molecule has 2 N–H and O–H groups in total. The van der Waals surface area contributed by atoms with Crippen molar-refractivity contribution in [2.45, 2.75) is 71.1 Å². The van der Waals surface area contributed by atoms with Gasteiger partial charge in [0.1, 0.15) is 5.00 Å². The minimum absolute atomic E-state index is 0.852. The fraction of sp³-hybridized carbons (Fsp3) is 0.800. The van der Waals surface area contributed by atoms with Crippen molar-refractivity contribution in [1.29, 1.82) is 0 Å². The van der Waals surface area contributed by atoms with Crippen molar-refractivity contribution in [3.05, 3.63) is 10.2 Å². The molecule has 19 heavy (non-hydrogen) atoms. The van der Waals surface area contributed by atoms with E-state index in [-0.39, 0.29) is 0 Å². The van der Waals surface area contributed by atoms with Crippen LogP contribution in [0.4, 0.5) is 5.00 Å². The van der Waals surface area contributed by atoms with Crippen LogP contribution in [0, 0.1) is 3.95 Å². The largest absolute Gasteiger partial charge is 0.376 e. The molecular weight excluding hydrogens is 272 g/mol. The first-order chi connectivity index (χ1) is 9.33. The molecule has 0 aliphatic heterocycles. The number of rotatable bonds is 12. The Morgan fingerprint density at radius 3 is 2.11 bits per heavy atom. The van der Waals surface area contributed by atoms with Crippen molar-refractivity contribution in [3.8, 4) is 0 Å². The zero-order chi connectivity index (χ0) is 13.8. The molecule has 1 heterocycles. The van der Waals surface area contributed by atoms with Crippen LogP contribution in [0.1, 0.15) is 71.1 Å². The zero-order valence-electron chi connectivity index (χ0n) is 12.2. The van der Waals surface area contributed by atoms with E-state index in [2.05, 4.69) is 17.2 Å². The Hall–Kier alpha value is -0.350. The van der Waals surface area contributed by atoms with Crippen molar-refractivity contribution in [2.75, 3.05) is 11.9 Å². The van der Waals surface area contributed by atoms with E-state index in [1.54, 1.807) is 11.3 Å². The van der Waals surface area contributed by atoms with E-state index in [9.17, 15) is 0 Å². The van der Waals surface area contributed by atoms with Crippen LogP contribution in [0.15, 0.2) is 6.20 Å². The van der Waals surface area contributed by atoms with Crippen molar-refractivity contribution >= 4 is 28.6 Å². The molecule has 0 spiro atoms. The first-order valence-electron chi connectivity index (χ1n) is 7.75. The molecule has 2 nitrogen and oxygen atoms in total. The monoisotopic (exact) mass is 300 g/mol. The standard InChI is InChI=1S/C15H28N2S2/c1-2-3-4-5-6-7-8-9-10-11-12-16-14-13-17-15(18)19-14/h13,16H,2-12H2,1H3,(H,17,18). The quantitative estimate of drug-likeness (QED) is 0.358. The highest BCUT2D eigenvalue weighted by Crippen LogP contribution is 2.15. The fourth-order valence-corrected chi connectivity index (χ4v) is 3.13. The van der Waals surface area contributed by atoms with Crippen LogP contribution in [0.3, 0.4) is 0 Å². The van der Waals surface area contributed by atoms with Gasteiger partial charge in [0, 0.05) is 12.7 Å². The highest BCUT2D eigenvalue weighted by Gasteiger charge is 1.95. The highest BCUT2D eigenvalue weighted by atomic mass is 32.1. The molecule has 0 saturated carbocycles. The number of nitrogens with one attached hydrogen (secondary N) is 2. The smallest absolute Gasteiger partial charge is 0.160 e. The van der Waals surface area contributed by atoms with Gasteiger partial charge in [0.2, 0.25) is 0 Å². The maximum absolute atomic E-state index is 5.04. The number of H-pyrrole nitrogens is 1. The summed E-state index contributed by atoms with van der Waals surface area (Å²) in [6.45, 7) is 3.34. The Morgan fingerprint density at radius 2 is 1.58 bits per heavy atom. The Balaban J connectivity index is 1.80. The molecule has 0 fully saturated rings. The number of anilines is 1. The van der Waals surface area contributed by atoms with Crippen molar-refractivity contribution in [1.82, 2.24) is 4.98 Å². The summed E-state index contributed by atoms with van der Waals surface area (Å²) in [6.07, 6.45) is 15.9. The first kappa shape index (κ1) is 16.7. The molecule has 0 radical (unpaired) electrons. The third-order valence-corrected chi connectivity index (χ3v) is 4.51. The Bertz CT molecular complexity index is 357. The predicted molar refractivity (Wildman–Crippen MR) is 89.8 cm³/mol. The lowest BCUT2D eigenvalue weighted by Gasteiger charge is -2.03. The van der Waals surface area contributed by atoms with Gasteiger partial charge in [0.05, 0.1) is 0 Å². The van der Waals surface area contributed by atoms with E-state index in [1.165, 1.54) is 69.2 Å². The van der Waals surface area contributed by atoms with Gasteiger partial charge in [-0.2, -0.15) is 0 Å². The average Bonchev–Trinajstić information content (AvgIpc) is 2.82. The lowest BCUT2D eigenvalue weighted by Crippen LogP contribution is -1.99. The van der Waals surface area contributed by atoms with Crippen LogP contribution in [0.25, 0.3) is 0 Å². The van der Waals surface area contributed by atoms with Gasteiger partial charge < -0.3 is 10.3 Å². The fourth-order valence-electron chi connectivity index (χ4n) is 2.19. The summed E-state index contributed by atoms with van der Waals surface area (Å²) in [5.74, 6) is 0. The van der Waals surface area contributed by atoms with Gasteiger partial charge >= 0.3 is 0 Å². The van der Waals surface area contributed by atoms with Crippen LogP contribution in [-0.4, -0.2) is 11.5 Å². The Morgan fingerprint density at radius 1 is 1.00 bits per heavy atom. The molecule has 1 aromatic rings. The van der Waals surface area contributed by atoms with Gasteiger partial charge in [-0.3, -0.25) is 0 Å². The lowest BCUT2D eigenvalue weighted by atomic mass is 10.1. The minimum Gasteiger partial charge on any atom is -0.376 e. The second-order valence-corrected chi connectivity index (χ2v) is 6.87.